The zero-order valence-corrected chi connectivity index (χ0v) is 15.0. The number of hydrogen-bond donors (Lipinski definition) is 1. The van der Waals surface area contributed by atoms with Crippen molar-refractivity contribution in [2.75, 3.05) is 46.3 Å². The van der Waals surface area contributed by atoms with Gasteiger partial charge in [0.25, 0.3) is 0 Å². The third-order valence-corrected chi connectivity index (χ3v) is 5.03. The molecule has 1 spiro atoms. The highest BCUT2D eigenvalue weighted by Crippen LogP contribution is 2.28. The maximum absolute atomic E-state index is 4.31. The molecule has 1 aromatic heterocycles. The van der Waals surface area contributed by atoms with Crippen LogP contribution in [0.4, 0.5) is 0 Å². The molecule has 1 N–H and O–H groups in total. The summed E-state index contributed by atoms with van der Waals surface area (Å²) in [6, 6.07) is 2.00. The molecule has 2 saturated heterocycles. The Hall–Kier alpha value is -0.330. The van der Waals surface area contributed by atoms with Gasteiger partial charge in [0.05, 0.1) is 6.54 Å². The second kappa shape index (κ2) is 9.08. The molecule has 3 rings (SSSR count). The standard InChI is InChI=1S/C15H27N5.2ClH/c1-18-9-3-10-19(12-13-20-11-2-6-17-20)14-15(18)4-7-16-8-5-15;;/h2,6,11,16H,3-5,7-10,12-14H2,1H3;2*1H. The summed E-state index contributed by atoms with van der Waals surface area (Å²) in [5, 5.41) is 7.82. The number of nitrogens with one attached hydrogen (secondary N) is 1. The van der Waals surface area contributed by atoms with Crippen molar-refractivity contribution in [2.45, 2.75) is 31.3 Å². The van der Waals surface area contributed by atoms with Gasteiger partial charge in [0, 0.05) is 31.0 Å². The van der Waals surface area contributed by atoms with Gasteiger partial charge in [-0.15, -0.1) is 24.8 Å². The van der Waals surface area contributed by atoms with E-state index in [1.165, 1.54) is 38.9 Å². The monoisotopic (exact) mass is 349 g/mol. The largest absolute Gasteiger partial charge is 0.317 e. The topological polar surface area (TPSA) is 36.3 Å². The van der Waals surface area contributed by atoms with Crippen LogP contribution in [0.3, 0.4) is 0 Å². The first-order chi connectivity index (χ1) is 9.78. The highest BCUT2D eigenvalue weighted by molar-refractivity contribution is 5.85. The van der Waals surface area contributed by atoms with Crippen molar-refractivity contribution in [1.29, 1.82) is 0 Å². The minimum Gasteiger partial charge on any atom is -0.317 e. The van der Waals surface area contributed by atoms with Gasteiger partial charge in [-0.05, 0) is 58.6 Å². The van der Waals surface area contributed by atoms with Gasteiger partial charge in [0.2, 0.25) is 0 Å². The van der Waals surface area contributed by atoms with Crippen LogP contribution in [0, 0.1) is 0 Å². The van der Waals surface area contributed by atoms with Crippen molar-refractivity contribution in [2.24, 2.45) is 0 Å². The van der Waals surface area contributed by atoms with Gasteiger partial charge in [0.15, 0.2) is 0 Å². The van der Waals surface area contributed by atoms with Crippen LogP contribution in [0.2, 0.25) is 0 Å². The molecule has 0 bridgehead atoms. The van der Waals surface area contributed by atoms with Gasteiger partial charge in [-0.1, -0.05) is 0 Å². The third kappa shape index (κ3) is 4.59. The average molecular weight is 350 g/mol. The van der Waals surface area contributed by atoms with Gasteiger partial charge in [0.1, 0.15) is 0 Å². The molecule has 2 fully saturated rings. The third-order valence-electron chi connectivity index (χ3n) is 5.03. The van der Waals surface area contributed by atoms with Crippen LogP contribution in [-0.2, 0) is 6.54 Å². The number of nitrogens with zero attached hydrogens (tertiary/aromatic N) is 4. The van der Waals surface area contributed by atoms with E-state index in [4.69, 9.17) is 0 Å². The van der Waals surface area contributed by atoms with Crippen LogP contribution < -0.4 is 5.32 Å². The molecule has 0 aliphatic carbocycles. The van der Waals surface area contributed by atoms with Crippen LogP contribution in [0.25, 0.3) is 0 Å². The van der Waals surface area contributed by atoms with E-state index >= 15 is 0 Å². The maximum atomic E-state index is 4.31. The number of rotatable bonds is 3. The highest BCUT2D eigenvalue weighted by atomic mass is 35.5. The zero-order valence-electron chi connectivity index (χ0n) is 13.4. The molecular weight excluding hydrogens is 321 g/mol. The van der Waals surface area contributed by atoms with Crippen LogP contribution in [0.15, 0.2) is 18.5 Å². The van der Waals surface area contributed by atoms with Gasteiger partial charge in [-0.25, -0.2) is 0 Å². The predicted octanol–water partition coefficient (Wildman–Crippen LogP) is 1.49. The highest BCUT2D eigenvalue weighted by Gasteiger charge is 2.38. The number of halogens is 2. The Labute approximate surface area is 146 Å². The van der Waals surface area contributed by atoms with E-state index in [-0.39, 0.29) is 24.8 Å². The molecule has 7 heteroatoms. The van der Waals surface area contributed by atoms with Crippen LogP contribution >= 0.6 is 24.8 Å². The summed E-state index contributed by atoms with van der Waals surface area (Å²) >= 11 is 0. The Bertz CT molecular complexity index is 406. The second-order valence-electron chi connectivity index (χ2n) is 6.29. The lowest BCUT2D eigenvalue weighted by molar-refractivity contribution is 0.0645. The molecule has 2 aliphatic rings. The predicted molar refractivity (Wildman–Crippen MR) is 95.2 cm³/mol. The molecule has 0 aromatic carbocycles. The minimum absolute atomic E-state index is 0. The molecule has 0 atom stereocenters. The molecular formula is C15H29Cl2N5. The van der Waals surface area contributed by atoms with Crippen LogP contribution in [0.1, 0.15) is 19.3 Å². The molecule has 3 heterocycles. The van der Waals surface area contributed by atoms with E-state index in [2.05, 4.69) is 33.5 Å². The quantitative estimate of drug-likeness (QED) is 0.896. The Balaban J connectivity index is 0.00000121. The van der Waals surface area contributed by atoms with Crippen molar-refractivity contribution in [3.05, 3.63) is 18.5 Å². The number of hydrogen-bond acceptors (Lipinski definition) is 4. The van der Waals surface area contributed by atoms with Crippen LogP contribution in [-0.4, -0.2) is 71.4 Å². The van der Waals surface area contributed by atoms with Gasteiger partial charge < -0.3 is 5.32 Å². The van der Waals surface area contributed by atoms with Crippen molar-refractivity contribution < 1.29 is 0 Å². The zero-order chi connectivity index (χ0) is 13.8. The lowest BCUT2D eigenvalue weighted by Crippen LogP contribution is -2.57. The summed E-state index contributed by atoms with van der Waals surface area (Å²) in [7, 11) is 2.32. The fourth-order valence-corrected chi connectivity index (χ4v) is 3.68. The molecule has 0 radical (unpaired) electrons. The molecule has 5 nitrogen and oxygen atoms in total. The van der Waals surface area contributed by atoms with E-state index in [0.29, 0.717) is 5.54 Å². The first kappa shape index (κ1) is 19.7. The van der Waals surface area contributed by atoms with Gasteiger partial charge in [-0.2, -0.15) is 5.10 Å². The van der Waals surface area contributed by atoms with E-state index in [1.54, 1.807) is 0 Å². The fraction of sp³-hybridized carbons (Fsp3) is 0.800. The summed E-state index contributed by atoms with van der Waals surface area (Å²) in [5.41, 5.74) is 0.395. The second-order valence-corrected chi connectivity index (χ2v) is 6.29. The Morgan fingerprint density at radius 1 is 1.14 bits per heavy atom. The fourth-order valence-electron chi connectivity index (χ4n) is 3.68. The van der Waals surface area contributed by atoms with E-state index in [9.17, 15) is 0 Å². The maximum Gasteiger partial charge on any atom is 0.0536 e. The molecule has 22 heavy (non-hydrogen) atoms. The summed E-state index contributed by atoms with van der Waals surface area (Å²) in [4.78, 5) is 5.28. The normalized spacial score (nSPS) is 22.6. The Morgan fingerprint density at radius 3 is 2.59 bits per heavy atom. The summed E-state index contributed by atoms with van der Waals surface area (Å²) in [5.74, 6) is 0. The van der Waals surface area contributed by atoms with E-state index < -0.39 is 0 Å². The number of aromatic nitrogens is 2. The van der Waals surface area contributed by atoms with Crippen molar-refractivity contribution in [3.8, 4) is 0 Å². The molecule has 0 saturated carbocycles. The molecule has 128 valence electrons. The Morgan fingerprint density at radius 2 is 1.91 bits per heavy atom. The Kier molecular flexibility index (Phi) is 8.14. The first-order valence-electron chi connectivity index (χ1n) is 7.90. The first-order valence-corrected chi connectivity index (χ1v) is 7.90. The summed E-state index contributed by atoms with van der Waals surface area (Å²) in [6.07, 6.45) is 7.77. The summed E-state index contributed by atoms with van der Waals surface area (Å²) in [6.45, 7) is 8.12. The van der Waals surface area contributed by atoms with E-state index in [1.807, 2.05) is 16.9 Å². The van der Waals surface area contributed by atoms with Crippen molar-refractivity contribution in [1.82, 2.24) is 24.9 Å². The number of likely N-dealkylation sites (N-methyl/N-ethyl adjacent to an activating group) is 1. The summed E-state index contributed by atoms with van der Waals surface area (Å²) < 4.78 is 2.05. The van der Waals surface area contributed by atoms with Crippen LogP contribution in [0.5, 0.6) is 0 Å². The smallest absolute Gasteiger partial charge is 0.0536 e. The SMILES string of the molecule is CN1CCCN(CCn2cccn2)CC12CCNCC2.Cl.Cl. The average Bonchev–Trinajstić information content (AvgIpc) is 2.94. The lowest BCUT2D eigenvalue weighted by Gasteiger charge is -2.45. The molecule has 0 unspecified atom stereocenters. The van der Waals surface area contributed by atoms with Crippen molar-refractivity contribution in [3.63, 3.8) is 0 Å². The number of piperidine rings is 1. The molecule has 0 amide bonds. The van der Waals surface area contributed by atoms with Gasteiger partial charge in [-0.3, -0.25) is 14.5 Å². The molecule has 2 aliphatic heterocycles. The lowest BCUT2D eigenvalue weighted by atomic mass is 9.86. The minimum atomic E-state index is 0. The van der Waals surface area contributed by atoms with Crippen molar-refractivity contribution >= 4 is 24.8 Å². The van der Waals surface area contributed by atoms with E-state index in [0.717, 1.165) is 26.2 Å². The van der Waals surface area contributed by atoms with Gasteiger partial charge >= 0.3 is 0 Å². The molecule has 1 aromatic rings.